The molecule has 4 heteroatoms. The van der Waals surface area contributed by atoms with Crippen LogP contribution in [0.15, 0.2) is 59.1 Å². The zero-order valence-electron chi connectivity index (χ0n) is 16.3. The molecule has 1 aromatic heterocycles. The van der Waals surface area contributed by atoms with E-state index in [2.05, 4.69) is 24.2 Å². The molecule has 0 aliphatic carbocycles. The number of hydrogen-bond acceptors (Lipinski definition) is 4. The van der Waals surface area contributed by atoms with Gasteiger partial charge in [0.1, 0.15) is 17.2 Å². The van der Waals surface area contributed by atoms with E-state index >= 15 is 0 Å². The third-order valence-electron chi connectivity index (χ3n) is 4.76. The Hall–Kier alpha value is -3.01. The molecule has 0 unspecified atom stereocenters. The number of nitrogens with zero attached hydrogens (tertiary/aromatic N) is 1. The fourth-order valence-electron chi connectivity index (χ4n) is 3.17. The van der Waals surface area contributed by atoms with Crippen molar-refractivity contribution in [3.8, 4) is 34.1 Å². The molecule has 0 amide bonds. The molecule has 1 heterocycles. The number of allylic oxidation sites excluding steroid dienone is 1. The molecule has 0 bridgehead atoms. The summed E-state index contributed by atoms with van der Waals surface area (Å²) in [5.74, 6) is 1.10. The zero-order chi connectivity index (χ0) is 19.8. The standard InChI is InChI=1S/C24H27NO3/c1-2-3-4-5-6-7-8-9-22-23(18-10-14-20(26)15-11-18)25-28-24(22)19-12-16-21(27)17-13-19/h8-17,26-27H,2-7H2,1H3/b9-8+. The third-order valence-corrected chi connectivity index (χ3v) is 4.76. The monoisotopic (exact) mass is 377 g/mol. The van der Waals surface area contributed by atoms with Gasteiger partial charge in [-0.15, -0.1) is 0 Å². The van der Waals surface area contributed by atoms with E-state index < -0.39 is 0 Å². The topological polar surface area (TPSA) is 66.5 Å². The van der Waals surface area contributed by atoms with Crippen molar-refractivity contribution in [3.05, 3.63) is 60.2 Å². The van der Waals surface area contributed by atoms with Gasteiger partial charge >= 0.3 is 0 Å². The highest BCUT2D eigenvalue weighted by Gasteiger charge is 2.17. The van der Waals surface area contributed by atoms with E-state index in [1.165, 1.54) is 32.1 Å². The van der Waals surface area contributed by atoms with E-state index in [0.717, 1.165) is 28.8 Å². The molecule has 2 N–H and O–H groups in total. The predicted molar refractivity (Wildman–Crippen MR) is 113 cm³/mol. The molecular weight excluding hydrogens is 350 g/mol. The maximum atomic E-state index is 9.56. The number of aromatic hydroxyl groups is 2. The van der Waals surface area contributed by atoms with Crippen molar-refractivity contribution in [2.75, 3.05) is 0 Å². The molecule has 4 nitrogen and oxygen atoms in total. The summed E-state index contributed by atoms with van der Waals surface area (Å²) in [5.41, 5.74) is 3.39. The van der Waals surface area contributed by atoms with E-state index in [9.17, 15) is 10.2 Å². The van der Waals surface area contributed by atoms with Gasteiger partial charge in [-0.05, 0) is 61.4 Å². The van der Waals surface area contributed by atoms with Crippen molar-refractivity contribution in [1.29, 1.82) is 0 Å². The molecule has 0 saturated carbocycles. The average Bonchev–Trinajstić information content (AvgIpc) is 3.12. The number of rotatable bonds is 9. The molecule has 3 aromatic rings. The molecule has 0 atom stereocenters. The van der Waals surface area contributed by atoms with Crippen molar-refractivity contribution in [2.45, 2.75) is 45.4 Å². The van der Waals surface area contributed by atoms with Gasteiger partial charge in [-0.2, -0.15) is 0 Å². The lowest BCUT2D eigenvalue weighted by atomic mass is 10.0. The Morgan fingerprint density at radius 3 is 2.07 bits per heavy atom. The minimum absolute atomic E-state index is 0.214. The number of unbranched alkanes of at least 4 members (excludes halogenated alkanes) is 5. The normalized spacial score (nSPS) is 11.3. The molecule has 2 aromatic carbocycles. The zero-order valence-corrected chi connectivity index (χ0v) is 16.3. The Labute approximate surface area is 166 Å². The van der Waals surface area contributed by atoms with Crippen LogP contribution in [0.5, 0.6) is 11.5 Å². The summed E-state index contributed by atoms with van der Waals surface area (Å²) in [6.45, 7) is 2.22. The van der Waals surface area contributed by atoms with Crippen molar-refractivity contribution in [3.63, 3.8) is 0 Å². The molecule has 0 fully saturated rings. The second-order valence-corrected chi connectivity index (χ2v) is 6.97. The van der Waals surface area contributed by atoms with Crippen LogP contribution < -0.4 is 0 Å². The number of phenols is 2. The highest BCUT2D eigenvalue weighted by atomic mass is 16.5. The highest BCUT2D eigenvalue weighted by Crippen LogP contribution is 2.34. The lowest BCUT2D eigenvalue weighted by Crippen LogP contribution is -1.83. The van der Waals surface area contributed by atoms with Gasteiger partial charge in [0, 0.05) is 11.1 Å². The predicted octanol–water partition coefficient (Wildman–Crippen LogP) is 6.79. The minimum Gasteiger partial charge on any atom is -0.508 e. The summed E-state index contributed by atoms with van der Waals surface area (Å²) >= 11 is 0. The first-order valence-electron chi connectivity index (χ1n) is 9.94. The second-order valence-electron chi connectivity index (χ2n) is 6.97. The number of aromatic nitrogens is 1. The van der Waals surface area contributed by atoms with Crippen LogP contribution in [-0.4, -0.2) is 15.4 Å². The van der Waals surface area contributed by atoms with Gasteiger partial charge in [-0.3, -0.25) is 0 Å². The quantitative estimate of drug-likeness (QED) is 0.403. The lowest BCUT2D eigenvalue weighted by Gasteiger charge is -2.02. The summed E-state index contributed by atoms with van der Waals surface area (Å²) in [6, 6.07) is 13.9. The van der Waals surface area contributed by atoms with E-state index in [0.29, 0.717) is 5.76 Å². The second kappa shape index (κ2) is 9.79. The fraction of sp³-hybridized carbons (Fsp3) is 0.292. The Morgan fingerprint density at radius 1 is 0.821 bits per heavy atom. The summed E-state index contributed by atoms with van der Waals surface area (Å²) < 4.78 is 5.67. The molecule has 0 aliphatic rings. The Morgan fingerprint density at radius 2 is 1.43 bits per heavy atom. The largest absolute Gasteiger partial charge is 0.508 e. The number of hydrogen-bond donors (Lipinski definition) is 2. The van der Waals surface area contributed by atoms with Crippen LogP contribution >= 0.6 is 0 Å². The van der Waals surface area contributed by atoms with Crippen LogP contribution in [0.3, 0.4) is 0 Å². The van der Waals surface area contributed by atoms with Crippen LogP contribution in [0.1, 0.15) is 51.0 Å². The lowest BCUT2D eigenvalue weighted by molar-refractivity contribution is 0.434. The SMILES string of the molecule is CCCCCCC/C=C/c1c(-c2ccc(O)cc2)noc1-c1ccc(O)cc1. The van der Waals surface area contributed by atoms with Crippen LogP contribution in [0.25, 0.3) is 28.7 Å². The van der Waals surface area contributed by atoms with Gasteiger partial charge in [0.2, 0.25) is 0 Å². The van der Waals surface area contributed by atoms with Crippen molar-refractivity contribution >= 4 is 6.08 Å². The third kappa shape index (κ3) is 5.03. The number of phenolic OH excluding ortho intramolecular Hbond substituents is 2. The van der Waals surface area contributed by atoms with Gasteiger partial charge in [0.25, 0.3) is 0 Å². The first-order valence-corrected chi connectivity index (χ1v) is 9.94. The van der Waals surface area contributed by atoms with Gasteiger partial charge in [0.15, 0.2) is 5.76 Å². The minimum atomic E-state index is 0.214. The molecule has 3 rings (SSSR count). The number of benzene rings is 2. The summed E-state index contributed by atoms with van der Waals surface area (Å²) in [6.07, 6.45) is 11.5. The average molecular weight is 377 g/mol. The van der Waals surface area contributed by atoms with Gasteiger partial charge < -0.3 is 14.7 Å². The van der Waals surface area contributed by atoms with E-state index in [1.807, 2.05) is 24.3 Å². The van der Waals surface area contributed by atoms with Crippen molar-refractivity contribution < 1.29 is 14.7 Å². The Balaban J connectivity index is 1.86. The van der Waals surface area contributed by atoms with E-state index in [-0.39, 0.29) is 11.5 Å². The molecule has 0 saturated heterocycles. The van der Waals surface area contributed by atoms with Crippen LogP contribution in [0.4, 0.5) is 0 Å². The summed E-state index contributed by atoms with van der Waals surface area (Å²) in [4.78, 5) is 0. The van der Waals surface area contributed by atoms with Crippen molar-refractivity contribution in [2.24, 2.45) is 0 Å². The van der Waals surface area contributed by atoms with Crippen LogP contribution in [-0.2, 0) is 0 Å². The molecule has 0 radical (unpaired) electrons. The fourth-order valence-corrected chi connectivity index (χ4v) is 3.17. The summed E-state index contributed by atoms with van der Waals surface area (Å²) in [5, 5.41) is 23.4. The first kappa shape index (κ1) is 19.7. The van der Waals surface area contributed by atoms with Crippen LogP contribution in [0, 0.1) is 0 Å². The highest BCUT2D eigenvalue weighted by molar-refractivity contribution is 5.81. The smallest absolute Gasteiger partial charge is 0.174 e. The van der Waals surface area contributed by atoms with Crippen LogP contribution in [0.2, 0.25) is 0 Å². The summed E-state index contributed by atoms with van der Waals surface area (Å²) in [7, 11) is 0. The Bertz CT molecular complexity index is 830. The molecule has 146 valence electrons. The molecule has 0 spiro atoms. The Kier molecular flexibility index (Phi) is 6.90. The molecular formula is C24H27NO3. The van der Waals surface area contributed by atoms with Gasteiger partial charge in [-0.25, -0.2) is 0 Å². The maximum absolute atomic E-state index is 9.56. The van der Waals surface area contributed by atoms with E-state index in [4.69, 9.17) is 4.52 Å². The molecule has 0 aliphatic heterocycles. The van der Waals surface area contributed by atoms with Crippen molar-refractivity contribution in [1.82, 2.24) is 5.16 Å². The maximum Gasteiger partial charge on any atom is 0.174 e. The van der Waals surface area contributed by atoms with E-state index in [1.54, 1.807) is 24.3 Å². The van der Waals surface area contributed by atoms with Gasteiger partial charge in [-0.1, -0.05) is 49.9 Å². The first-order chi connectivity index (χ1) is 13.7. The molecule has 28 heavy (non-hydrogen) atoms. The van der Waals surface area contributed by atoms with Gasteiger partial charge in [0.05, 0.1) is 5.56 Å².